The minimum absolute atomic E-state index is 0.120. The van der Waals surface area contributed by atoms with Crippen LogP contribution in [0.3, 0.4) is 0 Å². The summed E-state index contributed by atoms with van der Waals surface area (Å²) >= 11 is 0. The van der Waals surface area contributed by atoms with Gasteiger partial charge in [-0.15, -0.1) is 0 Å². The van der Waals surface area contributed by atoms with Crippen molar-refractivity contribution < 1.29 is 13.2 Å². The third-order valence-corrected chi connectivity index (χ3v) is 7.42. The van der Waals surface area contributed by atoms with Gasteiger partial charge in [-0.05, 0) is 25.3 Å². The minimum atomic E-state index is -3.40. The predicted molar refractivity (Wildman–Crippen MR) is 102 cm³/mol. The summed E-state index contributed by atoms with van der Waals surface area (Å²) in [6.45, 7) is 5.44. The molecule has 2 aliphatic rings. The van der Waals surface area contributed by atoms with Gasteiger partial charge in [-0.25, -0.2) is 13.1 Å². The topological polar surface area (TPSA) is 69.7 Å². The molecule has 1 aromatic carbocycles. The number of hydrogen-bond donors (Lipinski definition) is 1. The monoisotopic (exact) mass is 379 g/mol. The zero-order valence-corrected chi connectivity index (χ0v) is 16.2. The number of nitrogens with zero attached hydrogens (tertiary/aromatic N) is 2. The van der Waals surface area contributed by atoms with Crippen LogP contribution in [0.5, 0.6) is 0 Å². The van der Waals surface area contributed by atoms with Gasteiger partial charge in [0.1, 0.15) is 0 Å². The van der Waals surface area contributed by atoms with Gasteiger partial charge in [0.2, 0.25) is 15.9 Å². The van der Waals surface area contributed by atoms with E-state index >= 15 is 0 Å². The van der Waals surface area contributed by atoms with E-state index in [1.165, 1.54) is 5.56 Å². The van der Waals surface area contributed by atoms with Crippen LogP contribution in [0.1, 0.15) is 38.2 Å². The maximum absolute atomic E-state index is 12.6. The highest BCUT2D eigenvalue weighted by Crippen LogP contribution is 2.24. The Hall–Kier alpha value is -1.44. The van der Waals surface area contributed by atoms with Crippen LogP contribution in [0.15, 0.2) is 30.3 Å². The van der Waals surface area contributed by atoms with Gasteiger partial charge in [-0.3, -0.25) is 9.69 Å². The Morgan fingerprint density at radius 3 is 2.35 bits per heavy atom. The molecule has 0 aromatic heterocycles. The fourth-order valence-corrected chi connectivity index (χ4v) is 5.57. The molecule has 1 saturated carbocycles. The fourth-order valence-electron chi connectivity index (χ4n) is 3.83. The van der Waals surface area contributed by atoms with Gasteiger partial charge in [0.25, 0.3) is 0 Å². The summed E-state index contributed by atoms with van der Waals surface area (Å²) in [7, 11) is -3.40. The molecule has 1 N–H and O–H groups in total. The van der Waals surface area contributed by atoms with Crippen molar-refractivity contribution in [2.75, 3.05) is 26.2 Å². The quantitative estimate of drug-likeness (QED) is 0.815. The molecule has 1 saturated heterocycles. The molecule has 0 unspecified atom stereocenters. The Morgan fingerprint density at radius 2 is 1.73 bits per heavy atom. The molecular weight excluding hydrogens is 350 g/mol. The smallest absolute Gasteiger partial charge is 0.240 e. The maximum atomic E-state index is 12.6. The van der Waals surface area contributed by atoms with E-state index in [2.05, 4.69) is 21.8 Å². The van der Waals surface area contributed by atoms with Crippen LogP contribution in [0.2, 0.25) is 0 Å². The molecule has 7 heteroatoms. The first kappa shape index (κ1) is 19.3. The number of amides is 1. The van der Waals surface area contributed by atoms with Crippen LogP contribution in [-0.4, -0.2) is 61.6 Å². The highest BCUT2D eigenvalue weighted by Gasteiger charge is 2.33. The van der Waals surface area contributed by atoms with Crippen molar-refractivity contribution in [2.45, 2.75) is 50.4 Å². The van der Waals surface area contributed by atoms with Gasteiger partial charge in [0.15, 0.2) is 0 Å². The number of sulfonamides is 1. The summed E-state index contributed by atoms with van der Waals surface area (Å²) in [4.78, 5) is 16.7. The van der Waals surface area contributed by atoms with Crippen LogP contribution >= 0.6 is 0 Å². The SMILES string of the molecule is C[C@H](NS(=O)(=O)C1CCCC1)C(=O)N1CCN(Cc2ccccc2)CC1. The molecule has 1 aromatic rings. The fraction of sp³-hybridized carbons (Fsp3) is 0.632. The zero-order chi connectivity index (χ0) is 18.6. The third kappa shape index (κ3) is 4.84. The lowest BCUT2D eigenvalue weighted by atomic mass is 10.2. The van der Waals surface area contributed by atoms with E-state index in [1.54, 1.807) is 11.8 Å². The van der Waals surface area contributed by atoms with Gasteiger partial charge < -0.3 is 4.90 Å². The van der Waals surface area contributed by atoms with Crippen molar-refractivity contribution in [3.8, 4) is 0 Å². The predicted octanol–water partition coefficient (Wildman–Crippen LogP) is 1.58. The Bertz CT molecular complexity index is 694. The Kier molecular flexibility index (Phi) is 6.32. The second-order valence-corrected chi connectivity index (χ2v) is 9.37. The maximum Gasteiger partial charge on any atom is 0.240 e. The van der Waals surface area contributed by atoms with Crippen molar-refractivity contribution in [3.63, 3.8) is 0 Å². The number of benzene rings is 1. The Labute approximate surface area is 156 Å². The summed E-state index contributed by atoms with van der Waals surface area (Å²) in [5, 5.41) is -0.333. The van der Waals surface area contributed by atoms with Gasteiger partial charge in [0.05, 0.1) is 11.3 Å². The molecule has 6 nitrogen and oxygen atoms in total. The van der Waals surface area contributed by atoms with Crippen LogP contribution in [-0.2, 0) is 21.4 Å². The molecule has 1 heterocycles. The van der Waals surface area contributed by atoms with Crippen molar-refractivity contribution in [1.82, 2.24) is 14.5 Å². The van der Waals surface area contributed by atoms with Gasteiger partial charge in [-0.2, -0.15) is 0 Å². The van der Waals surface area contributed by atoms with E-state index in [4.69, 9.17) is 0 Å². The molecule has 2 fully saturated rings. The third-order valence-electron chi connectivity index (χ3n) is 5.39. The molecule has 3 rings (SSSR count). The molecule has 26 heavy (non-hydrogen) atoms. The van der Waals surface area contributed by atoms with E-state index in [9.17, 15) is 13.2 Å². The van der Waals surface area contributed by atoms with Crippen LogP contribution in [0.4, 0.5) is 0 Å². The Morgan fingerprint density at radius 1 is 1.12 bits per heavy atom. The number of hydrogen-bond acceptors (Lipinski definition) is 4. The van der Waals surface area contributed by atoms with E-state index in [0.29, 0.717) is 25.9 Å². The van der Waals surface area contributed by atoms with Crippen LogP contribution < -0.4 is 4.72 Å². The Balaban J connectivity index is 1.48. The lowest BCUT2D eigenvalue weighted by Gasteiger charge is -2.36. The molecule has 1 aliphatic heterocycles. The molecule has 1 aliphatic carbocycles. The average Bonchev–Trinajstić information content (AvgIpc) is 3.18. The molecule has 0 radical (unpaired) electrons. The van der Waals surface area contributed by atoms with Gasteiger partial charge in [-0.1, -0.05) is 43.2 Å². The molecule has 1 amide bonds. The molecule has 1 atom stereocenters. The van der Waals surface area contributed by atoms with Crippen LogP contribution in [0.25, 0.3) is 0 Å². The van der Waals surface area contributed by atoms with Gasteiger partial charge >= 0.3 is 0 Å². The summed E-state index contributed by atoms with van der Waals surface area (Å²) in [5.74, 6) is -0.120. The number of rotatable bonds is 6. The van der Waals surface area contributed by atoms with E-state index in [0.717, 1.165) is 32.5 Å². The van der Waals surface area contributed by atoms with Crippen LogP contribution in [0, 0.1) is 0 Å². The number of carbonyl (C=O) groups is 1. The normalized spacial score (nSPS) is 21.0. The van der Waals surface area contributed by atoms with E-state index in [1.807, 2.05) is 18.2 Å². The number of nitrogens with one attached hydrogen (secondary N) is 1. The lowest BCUT2D eigenvalue weighted by molar-refractivity contribution is -0.134. The molecule has 0 bridgehead atoms. The average molecular weight is 380 g/mol. The summed E-state index contributed by atoms with van der Waals surface area (Å²) in [6, 6.07) is 9.60. The summed E-state index contributed by atoms with van der Waals surface area (Å²) in [6.07, 6.45) is 3.32. The first-order chi connectivity index (χ1) is 12.5. The van der Waals surface area contributed by atoms with Crippen molar-refractivity contribution >= 4 is 15.9 Å². The molecule has 0 spiro atoms. The molecule has 144 valence electrons. The van der Waals surface area contributed by atoms with E-state index in [-0.39, 0.29) is 11.2 Å². The second kappa shape index (κ2) is 8.50. The minimum Gasteiger partial charge on any atom is -0.339 e. The van der Waals surface area contributed by atoms with E-state index < -0.39 is 16.1 Å². The van der Waals surface area contributed by atoms with Gasteiger partial charge in [0, 0.05) is 32.7 Å². The first-order valence-electron chi connectivity index (χ1n) is 9.52. The largest absolute Gasteiger partial charge is 0.339 e. The standard InChI is InChI=1S/C19H29N3O3S/c1-16(20-26(24,25)18-9-5-6-10-18)19(23)22-13-11-21(12-14-22)15-17-7-3-2-4-8-17/h2-4,7-8,16,18,20H,5-6,9-15H2,1H3/t16-/m0/s1. The highest BCUT2D eigenvalue weighted by atomic mass is 32.2. The summed E-state index contributed by atoms with van der Waals surface area (Å²) in [5.41, 5.74) is 1.27. The second-order valence-electron chi connectivity index (χ2n) is 7.38. The number of piperazine rings is 1. The highest BCUT2D eigenvalue weighted by molar-refractivity contribution is 7.90. The lowest BCUT2D eigenvalue weighted by Crippen LogP contribution is -2.54. The zero-order valence-electron chi connectivity index (χ0n) is 15.4. The first-order valence-corrected chi connectivity index (χ1v) is 11.1. The van der Waals surface area contributed by atoms with Crippen molar-refractivity contribution in [2.24, 2.45) is 0 Å². The molecular formula is C19H29N3O3S. The number of carbonyl (C=O) groups excluding carboxylic acids is 1. The van der Waals surface area contributed by atoms with Crippen molar-refractivity contribution in [1.29, 1.82) is 0 Å². The summed E-state index contributed by atoms with van der Waals surface area (Å²) < 4.78 is 27.4. The van der Waals surface area contributed by atoms with Crippen molar-refractivity contribution in [3.05, 3.63) is 35.9 Å².